The second-order valence-corrected chi connectivity index (χ2v) is 6.44. The van der Waals surface area contributed by atoms with Gasteiger partial charge in [-0.2, -0.15) is 0 Å². The van der Waals surface area contributed by atoms with Crippen LogP contribution in [0.2, 0.25) is 0 Å². The summed E-state index contributed by atoms with van der Waals surface area (Å²) in [4.78, 5) is 28.1. The SMILES string of the molecule is CC=CC=C(C(=CC)c1cccc(C=O)c1)c1ccc2ncn(C)c(=O)c2c1. The fraction of sp³-hybridized carbons (Fsp3) is 0.125. The molecule has 4 heteroatoms. The highest BCUT2D eigenvalue weighted by atomic mass is 16.1. The molecule has 0 aliphatic carbocycles. The van der Waals surface area contributed by atoms with Crippen LogP contribution in [0.3, 0.4) is 0 Å². The molecular formula is C24H22N2O2. The van der Waals surface area contributed by atoms with Gasteiger partial charge in [0.25, 0.3) is 5.56 Å². The first-order valence-electron chi connectivity index (χ1n) is 9.10. The molecule has 2 aromatic carbocycles. The number of carbonyl (C=O) groups is 1. The quantitative estimate of drug-likeness (QED) is 0.478. The number of nitrogens with zero attached hydrogens (tertiary/aromatic N) is 2. The molecule has 3 rings (SSSR count). The summed E-state index contributed by atoms with van der Waals surface area (Å²) in [7, 11) is 1.69. The highest BCUT2D eigenvalue weighted by Gasteiger charge is 2.12. The fourth-order valence-corrected chi connectivity index (χ4v) is 3.17. The number of hydrogen-bond donors (Lipinski definition) is 0. The highest BCUT2D eigenvalue weighted by Crippen LogP contribution is 2.32. The molecule has 0 saturated carbocycles. The first-order valence-corrected chi connectivity index (χ1v) is 9.10. The third-order valence-corrected chi connectivity index (χ3v) is 4.60. The van der Waals surface area contributed by atoms with Crippen LogP contribution in [-0.2, 0) is 7.05 Å². The Morgan fingerprint density at radius 1 is 1.04 bits per heavy atom. The van der Waals surface area contributed by atoms with Crippen LogP contribution in [0.5, 0.6) is 0 Å². The first kappa shape index (κ1) is 19.2. The van der Waals surface area contributed by atoms with Crippen molar-refractivity contribution in [2.24, 2.45) is 7.05 Å². The molecule has 0 N–H and O–H groups in total. The minimum atomic E-state index is -0.0813. The van der Waals surface area contributed by atoms with E-state index >= 15 is 0 Å². The van der Waals surface area contributed by atoms with Crippen LogP contribution in [0.25, 0.3) is 22.0 Å². The maximum atomic E-state index is 12.5. The third-order valence-electron chi connectivity index (χ3n) is 4.60. The molecule has 0 atom stereocenters. The summed E-state index contributed by atoms with van der Waals surface area (Å²) in [5, 5.41) is 0.575. The molecule has 140 valence electrons. The molecule has 0 saturated heterocycles. The maximum absolute atomic E-state index is 12.5. The van der Waals surface area contributed by atoms with Crippen molar-refractivity contribution >= 4 is 28.3 Å². The minimum Gasteiger partial charge on any atom is -0.302 e. The summed E-state index contributed by atoms with van der Waals surface area (Å²) in [6.07, 6.45) is 10.3. The molecule has 4 nitrogen and oxygen atoms in total. The molecule has 0 bridgehead atoms. The number of benzene rings is 2. The van der Waals surface area contributed by atoms with Gasteiger partial charge in [0.05, 0.1) is 17.2 Å². The summed E-state index contributed by atoms with van der Waals surface area (Å²) in [6, 6.07) is 13.2. The van der Waals surface area contributed by atoms with Gasteiger partial charge in [-0.15, -0.1) is 0 Å². The summed E-state index contributed by atoms with van der Waals surface area (Å²) >= 11 is 0. The van der Waals surface area contributed by atoms with Crippen LogP contribution in [-0.4, -0.2) is 15.8 Å². The van der Waals surface area contributed by atoms with E-state index in [1.54, 1.807) is 13.1 Å². The van der Waals surface area contributed by atoms with E-state index in [0.29, 0.717) is 16.5 Å². The average molecular weight is 370 g/mol. The van der Waals surface area contributed by atoms with Crippen LogP contribution in [0.4, 0.5) is 0 Å². The van der Waals surface area contributed by atoms with E-state index in [1.165, 1.54) is 10.9 Å². The van der Waals surface area contributed by atoms with Crippen molar-refractivity contribution in [1.82, 2.24) is 9.55 Å². The topological polar surface area (TPSA) is 52.0 Å². The van der Waals surface area contributed by atoms with E-state index < -0.39 is 0 Å². The predicted octanol–water partition coefficient (Wildman–Crippen LogP) is 4.81. The molecule has 3 aromatic rings. The Kier molecular flexibility index (Phi) is 5.80. The summed E-state index contributed by atoms with van der Waals surface area (Å²) < 4.78 is 1.48. The zero-order valence-corrected chi connectivity index (χ0v) is 16.2. The molecule has 28 heavy (non-hydrogen) atoms. The van der Waals surface area contributed by atoms with Crippen LogP contribution in [0.1, 0.15) is 35.3 Å². The third kappa shape index (κ3) is 3.76. The lowest BCUT2D eigenvalue weighted by Gasteiger charge is -2.14. The Morgan fingerprint density at radius 3 is 2.54 bits per heavy atom. The number of hydrogen-bond acceptors (Lipinski definition) is 3. The van der Waals surface area contributed by atoms with Gasteiger partial charge in [0.2, 0.25) is 0 Å². The number of rotatable bonds is 5. The van der Waals surface area contributed by atoms with Crippen molar-refractivity contribution in [3.63, 3.8) is 0 Å². The number of carbonyl (C=O) groups excluding carboxylic acids is 1. The molecule has 0 aliphatic heterocycles. The van der Waals surface area contributed by atoms with Gasteiger partial charge >= 0.3 is 0 Å². The van der Waals surface area contributed by atoms with Crippen LogP contribution in [0, 0.1) is 0 Å². The van der Waals surface area contributed by atoms with Gasteiger partial charge in [0.1, 0.15) is 6.29 Å². The highest BCUT2D eigenvalue weighted by molar-refractivity contribution is 6.06. The van der Waals surface area contributed by atoms with Crippen molar-refractivity contribution < 1.29 is 4.79 Å². The largest absolute Gasteiger partial charge is 0.302 e. The summed E-state index contributed by atoms with van der Waals surface area (Å²) in [6.45, 7) is 3.92. The molecule has 1 heterocycles. The molecule has 0 unspecified atom stereocenters. The Morgan fingerprint density at radius 2 is 1.82 bits per heavy atom. The van der Waals surface area contributed by atoms with E-state index in [2.05, 4.69) is 4.98 Å². The van der Waals surface area contributed by atoms with E-state index in [9.17, 15) is 9.59 Å². The Balaban J connectivity index is 2.22. The van der Waals surface area contributed by atoms with Gasteiger partial charge in [0.15, 0.2) is 0 Å². The van der Waals surface area contributed by atoms with E-state index in [4.69, 9.17) is 0 Å². The lowest BCUT2D eigenvalue weighted by atomic mass is 9.90. The van der Waals surface area contributed by atoms with Gasteiger partial charge < -0.3 is 4.57 Å². The molecule has 1 aromatic heterocycles. The normalized spacial score (nSPS) is 12.7. The zero-order valence-electron chi connectivity index (χ0n) is 16.2. The average Bonchev–Trinajstić information content (AvgIpc) is 2.73. The predicted molar refractivity (Wildman–Crippen MR) is 115 cm³/mol. The number of aldehydes is 1. The number of aryl methyl sites for hydroxylation is 1. The van der Waals surface area contributed by atoms with Gasteiger partial charge in [-0.25, -0.2) is 4.98 Å². The Bertz CT molecular complexity index is 1180. The van der Waals surface area contributed by atoms with E-state index in [0.717, 1.165) is 28.6 Å². The maximum Gasteiger partial charge on any atom is 0.260 e. The summed E-state index contributed by atoms with van der Waals surface area (Å²) in [5.74, 6) is 0. The smallest absolute Gasteiger partial charge is 0.260 e. The van der Waals surface area contributed by atoms with E-state index in [-0.39, 0.29) is 5.56 Å². The van der Waals surface area contributed by atoms with Crippen molar-refractivity contribution in [2.45, 2.75) is 13.8 Å². The van der Waals surface area contributed by atoms with Gasteiger partial charge in [-0.05, 0) is 54.3 Å². The number of aromatic nitrogens is 2. The van der Waals surface area contributed by atoms with Crippen LogP contribution >= 0.6 is 0 Å². The molecule has 0 spiro atoms. The minimum absolute atomic E-state index is 0.0813. The second-order valence-electron chi connectivity index (χ2n) is 6.44. The second kappa shape index (κ2) is 8.44. The molecule has 0 aliphatic rings. The number of allylic oxidation sites excluding steroid dienone is 6. The Labute approximate surface area is 164 Å². The monoisotopic (exact) mass is 370 g/mol. The summed E-state index contributed by atoms with van der Waals surface area (Å²) in [5.41, 5.74) is 5.03. The zero-order chi connectivity index (χ0) is 20.1. The fourth-order valence-electron chi connectivity index (χ4n) is 3.17. The number of fused-ring (bicyclic) bond motifs is 1. The molecule has 0 amide bonds. The van der Waals surface area contributed by atoms with Crippen molar-refractivity contribution in [3.05, 3.63) is 100 Å². The van der Waals surface area contributed by atoms with Crippen LogP contribution in [0.15, 0.2) is 77.9 Å². The standard InChI is InChI=1S/C24H22N2O2/c1-4-6-10-21(20(5-2)18-9-7-8-17(13-18)15-27)19-11-12-23-22(14-19)24(28)26(3)16-25-23/h4-16H,1-3H3. The first-order chi connectivity index (χ1) is 13.6. The molecule has 0 radical (unpaired) electrons. The van der Waals surface area contributed by atoms with E-state index in [1.807, 2.05) is 74.5 Å². The van der Waals surface area contributed by atoms with Crippen molar-refractivity contribution in [1.29, 1.82) is 0 Å². The van der Waals surface area contributed by atoms with Crippen LogP contribution < -0.4 is 5.56 Å². The van der Waals surface area contributed by atoms with Gasteiger partial charge in [-0.3, -0.25) is 9.59 Å². The van der Waals surface area contributed by atoms with Crippen molar-refractivity contribution in [2.75, 3.05) is 0 Å². The molecule has 0 fully saturated rings. The molecular weight excluding hydrogens is 348 g/mol. The Hall–Kier alpha value is -3.53. The van der Waals surface area contributed by atoms with Gasteiger partial charge in [-0.1, -0.05) is 48.6 Å². The van der Waals surface area contributed by atoms with Gasteiger partial charge in [0, 0.05) is 12.6 Å². The lowest BCUT2D eigenvalue weighted by molar-refractivity contribution is 0.112. The van der Waals surface area contributed by atoms with Crippen molar-refractivity contribution in [3.8, 4) is 0 Å². The lowest BCUT2D eigenvalue weighted by Crippen LogP contribution is -2.16.